The van der Waals surface area contributed by atoms with Crippen molar-refractivity contribution in [1.82, 2.24) is 0 Å². The van der Waals surface area contributed by atoms with Crippen LogP contribution >= 0.6 is 0 Å². The fraction of sp³-hybridized carbons (Fsp3) is 0.900. The van der Waals surface area contributed by atoms with Crippen LogP contribution in [-0.2, 0) is 9.53 Å². The molecule has 0 saturated carbocycles. The fourth-order valence-electron chi connectivity index (χ4n) is 1.30. The quantitative estimate of drug-likeness (QED) is 0.455. The molecule has 0 rings (SSSR count). The summed E-state index contributed by atoms with van der Waals surface area (Å²) < 4.78 is 4.69. The monoisotopic (exact) mass is 172 g/mol. The Hall–Kier alpha value is -0.530. The van der Waals surface area contributed by atoms with E-state index in [0.29, 0.717) is 0 Å². The van der Waals surface area contributed by atoms with Gasteiger partial charge in [0.15, 0.2) is 0 Å². The number of carbonyl (C=O) groups excluding carboxylic acids is 1. The topological polar surface area (TPSA) is 26.3 Å². The predicted octanol–water partition coefficient (Wildman–Crippen LogP) is 2.77. The summed E-state index contributed by atoms with van der Waals surface area (Å²) in [5.41, 5.74) is 0. The molecule has 0 aromatic rings. The highest BCUT2D eigenvalue weighted by atomic mass is 16.5. The van der Waals surface area contributed by atoms with Crippen LogP contribution in [0.5, 0.6) is 0 Å². The maximum atomic E-state index is 11.1. The summed E-state index contributed by atoms with van der Waals surface area (Å²) in [6.07, 6.45) is 5.45. The van der Waals surface area contributed by atoms with Crippen molar-refractivity contribution in [3.05, 3.63) is 0 Å². The number of hydrogen-bond donors (Lipinski definition) is 0. The average Bonchev–Trinajstić information content (AvgIpc) is 2.11. The summed E-state index contributed by atoms with van der Waals surface area (Å²) in [5.74, 6) is 0.0788. The molecule has 12 heavy (non-hydrogen) atoms. The molecule has 2 heteroatoms. The van der Waals surface area contributed by atoms with Crippen LogP contribution in [-0.4, -0.2) is 13.1 Å². The van der Waals surface area contributed by atoms with Gasteiger partial charge in [-0.05, 0) is 12.8 Å². The van der Waals surface area contributed by atoms with Crippen molar-refractivity contribution >= 4 is 5.97 Å². The van der Waals surface area contributed by atoms with Gasteiger partial charge < -0.3 is 4.74 Å². The van der Waals surface area contributed by atoms with E-state index in [9.17, 15) is 4.79 Å². The van der Waals surface area contributed by atoms with Gasteiger partial charge in [0, 0.05) is 0 Å². The summed E-state index contributed by atoms with van der Waals surface area (Å²) in [6, 6.07) is 0. The van der Waals surface area contributed by atoms with Gasteiger partial charge in [0.2, 0.25) is 0 Å². The van der Waals surface area contributed by atoms with E-state index in [1.165, 1.54) is 20.0 Å². The first-order valence-corrected chi connectivity index (χ1v) is 4.84. The molecule has 2 nitrogen and oxygen atoms in total. The maximum absolute atomic E-state index is 11.1. The molecule has 0 heterocycles. The largest absolute Gasteiger partial charge is 0.469 e. The summed E-state index contributed by atoms with van der Waals surface area (Å²) in [5, 5.41) is 0. The number of esters is 1. The molecule has 0 amide bonds. The second-order valence-corrected chi connectivity index (χ2v) is 3.12. The van der Waals surface area contributed by atoms with Gasteiger partial charge >= 0.3 is 5.97 Å². The number of methoxy groups -OCH3 is 1. The minimum absolute atomic E-state index is 0.0476. The highest BCUT2D eigenvalue weighted by molar-refractivity contribution is 5.72. The lowest BCUT2D eigenvalue weighted by atomic mass is 9.99. The molecule has 0 spiro atoms. The minimum Gasteiger partial charge on any atom is -0.469 e. The van der Waals surface area contributed by atoms with Crippen LogP contribution in [0.4, 0.5) is 0 Å². The lowest BCUT2D eigenvalue weighted by molar-refractivity contribution is -0.145. The van der Waals surface area contributed by atoms with E-state index in [-0.39, 0.29) is 11.9 Å². The molecule has 0 aromatic heterocycles. The third-order valence-electron chi connectivity index (χ3n) is 2.18. The van der Waals surface area contributed by atoms with Crippen molar-refractivity contribution < 1.29 is 9.53 Å². The Balaban J connectivity index is 3.60. The number of ether oxygens (including phenoxy) is 1. The van der Waals surface area contributed by atoms with Crippen LogP contribution in [0.3, 0.4) is 0 Å². The smallest absolute Gasteiger partial charge is 0.308 e. The van der Waals surface area contributed by atoms with E-state index >= 15 is 0 Å². The normalized spacial score (nSPS) is 12.6. The second-order valence-electron chi connectivity index (χ2n) is 3.12. The van der Waals surface area contributed by atoms with Crippen LogP contribution in [0.25, 0.3) is 0 Å². The number of hydrogen-bond acceptors (Lipinski definition) is 2. The zero-order valence-electron chi connectivity index (χ0n) is 8.43. The van der Waals surface area contributed by atoms with Crippen LogP contribution < -0.4 is 0 Å². The number of carbonyl (C=O) groups is 1. The Morgan fingerprint density at radius 1 is 1.33 bits per heavy atom. The average molecular weight is 172 g/mol. The Labute approximate surface area is 75.3 Å². The highest BCUT2D eigenvalue weighted by Crippen LogP contribution is 2.14. The van der Waals surface area contributed by atoms with Gasteiger partial charge in [-0.15, -0.1) is 0 Å². The van der Waals surface area contributed by atoms with Crippen LogP contribution in [0.2, 0.25) is 0 Å². The Morgan fingerprint density at radius 2 is 2.00 bits per heavy atom. The summed E-state index contributed by atoms with van der Waals surface area (Å²) in [4.78, 5) is 11.1. The highest BCUT2D eigenvalue weighted by Gasteiger charge is 2.15. The molecule has 0 fully saturated rings. The van der Waals surface area contributed by atoms with E-state index in [2.05, 4.69) is 6.92 Å². The van der Waals surface area contributed by atoms with E-state index in [1.54, 1.807) is 0 Å². The van der Waals surface area contributed by atoms with Crippen molar-refractivity contribution in [2.24, 2.45) is 5.92 Å². The second kappa shape index (κ2) is 7.14. The molecule has 0 bridgehead atoms. The first-order valence-electron chi connectivity index (χ1n) is 4.84. The molecular weight excluding hydrogens is 152 g/mol. The molecule has 0 N–H and O–H groups in total. The Morgan fingerprint density at radius 3 is 2.42 bits per heavy atom. The lowest BCUT2D eigenvalue weighted by Gasteiger charge is -2.10. The van der Waals surface area contributed by atoms with Gasteiger partial charge in [0.1, 0.15) is 0 Å². The van der Waals surface area contributed by atoms with Gasteiger partial charge in [-0.3, -0.25) is 4.79 Å². The molecule has 0 unspecified atom stereocenters. The van der Waals surface area contributed by atoms with Crippen molar-refractivity contribution in [2.75, 3.05) is 7.11 Å². The molecule has 0 aliphatic rings. The van der Waals surface area contributed by atoms with Crippen LogP contribution in [0.15, 0.2) is 0 Å². The molecule has 0 aliphatic heterocycles. The predicted molar refractivity (Wildman–Crippen MR) is 49.9 cm³/mol. The third-order valence-corrected chi connectivity index (χ3v) is 2.18. The van der Waals surface area contributed by atoms with Crippen molar-refractivity contribution in [2.45, 2.75) is 46.0 Å². The zero-order valence-corrected chi connectivity index (χ0v) is 8.43. The van der Waals surface area contributed by atoms with E-state index in [4.69, 9.17) is 4.74 Å². The Kier molecular flexibility index (Phi) is 6.82. The zero-order chi connectivity index (χ0) is 9.40. The third kappa shape index (κ3) is 4.37. The number of rotatable bonds is 6. The lowest BCUT2D eigenvalue weighted by Crippen LogP contribution is -2.15. The van der Waals surface area contributed by atoms with E-state index < -0.39 is 0 Å². The summed E-state index contributed by atoms with van der Waals surface area (Å²) >= 11 is 0. The summed E-state index contributed by atoms with van der Waals surface area (Å²) in [7, 11) is 1.46. The molecule has 72 valence electrons. The van der Waals surface area contributed by atoms with Crippen molar-refractivity contribution in [3.63, 3.8) is 0 Å². The van der Waals surface area contributed by atoms with Gasteiger partial charge in [-0.25, -0.2) is 0 Å². The number of unbranched alkanes of at least 4 members (excludes halogenated alkanes) is 2. The van der Waals surface area contributed by atoms with Crippen molar-refractivity contribution in [1.29, 1.82) is 0 Å². The van der Waals surface area contributed by atoms with Crippen LogP contribution in [0.1, 0.15) is 46.0 Å². The van der Waals surface area contributed by atoms with Crippen LogP contribution in [0, 0.1) is 5.92 Å². The molecule has 0 saturated heterocycles. The van der Waals surface area contributed by atoms with E-state index in [0.717, 1.165) is 19.3 Å². The van der Waals surface area contributed by atoms with Gasteiger partial charge in [-0.2, -0.15) is 0 Å². The minimum atomic E-state index is -0.0476. The van der Waals surface area contributed by atoms with Gasteiger partial charge in [-0.1, -0.05) is 33.1 Å². The Bertz CT molecular complexity index is 121. The molecule has 0 aliphatic carbocycles. The molecule has 1 atom stereocenters. The first kappa shape index (κ1) is 11.5. The standard InChI is InChI=1S/C10H20O2/c1-4-6-7-8-9(5-2)10(11)12-3/h9H,4-8H2,1-3H3/t9-/m1/s1. The maximum Gasteiger partial charge on any atom is 0.308 e. The first-order chi connectivity index (χ1) is 5.76. The van der Waals surface area contributed by atoms with E-state index in [1.807, 2.05) is 6.92 Å². The van der Waals surface area contributed by atoms with Crippen molar-refractivity contribution in [3.8, 4) is 0 Å². The summed E-state index contributed by atoms with van der Waals surface area (Å²) in [6.45, 7) is 4.20. The molecule has 0 aromatic carbocycles. The molecular formula is C10H20O2. The van der Waals surface area contributed by atoms with Gasteiger partial charge in [0.05, 0.1) is 13.0 Å². The fourth-order valence-corrected chi connectivity index (χ4v) is 1.30. The van der Waals surface area contributed by atoms with Gasteiger partial charge in [0.25, 0.3) is 0 Å². The molecule has 0 radical (unpaired) electrons. The SMILES string of the molecule is CCCCC[C@@H](CC)C(=O)OC.